The van der Waals surface area contributed by atoms with Crippen molar-refractivity contribution in [2.24, 2.45) is 0 Å². The van der Waals surface area contributed by atoms with Gasteiger partial charge in [0, 0.05) is 42.0 Å². The summed E-state index contributed by atoms with van der Waals surface area (Å²) in [5.41, 5.74) is 7.15. The van der Waals surface area contributed by atoms with Crippen LogP contribution in [0.5, 0.6) is 5.75 Å². The summed E-state index contributed by atoms with van der Waals surface area (Å²) in [5.74, 6) is 0.836. The highest BCUT2D eigenvalue weighted by Crippen LogP contribution is 2.42. The topological polar surface area (TPSA) is 53.2 Å². The third-order valence-corrected chi connectivity index (χ3v) is 5.68. The lowest BCUT2D eigenvalue weighted by molar-refractivity contribution is 0.261. The lowest BCUT2D eigenvalue weighted by Crippen LogP contribution is -2.19. The Morgan fingerprint density at radius 3 is 2.71 bits per heavy atom. The van der Waals surface area contributed by atoms with Crippen LogP contribution in [-0.2, 0) is 0 Å². The molecule has 0 atom stereocenters. The largest absolute Gasteiger partial charge is 0.492 e. The number of halogens is 1. The fourth-order valence-electron chi connectivity index (χ4n) is 3.72. The van der Waals surface area contributed by atoms with E-state index in [-0.39, 0.29) is 0 Å². The van der Waals surface area contributed by atoms with Crippen LogP contribution in [0.2, 0.25) is 5.02 Å². The van der Waals surface area contributed by atoms with Crippen LogP contribution in [0.4, 0.5) is 5.69 Å². The molecule has 0 fully saturated rings. The first-order chi connectivity index (χ1) is 15.0. The predicted molar refractivity (Wildman–Crippen MR) is 130 cm³/mol. The zero-order chi connectivity index (χ0) is 22.0. The van der Waals surface area contributed by atoms with Gasteiger partial charge < -0.3 is 19.9 Å². The van der Waals surface area contributed by atoms with Crippen LogP contribution < -0.4 is 10.1 Å². The first-order valence-electron chi connectivity index (χ1n) is 10.3. The van der Waals surface area contributed by atoms with Gasteiger partial charge in [0.1, 0.15) is 18.0 Å². The summed E-state index contributed by atoms with van der Waals surface area (Å²) in [6.07, 6.45) is 1.73. The van der Waals surface area contributed by atoms with Gasteiger partial charge in [-0.15, -0.1) is 0 Å². The van der Waals surface area contributed by atoms with E-state index in [0.29, 0.717) is 11.6 Å². The number of hydrogen-bond acceptors (Lipinski definition) is 4. The number of likely N-dealkylation sites (N-methyl/N-ethyl adjacent to an activating group) is 1. The maximum Gasteiger partial charge on any atom is 0.139 e. The van der Waals surface area contributed by atoms with Gasteiger partial charge in [0.15, 0.2) is 0 Å². The molecule has 0 saturated heterocycles. The van der Waals surface area contributed by atoms with Gasteiger partial charge in [-0.2, -0.15) is 0 Å². The van der Waals surface area contributed by atoms with Crippen LogP contribution in [-0.4, -0.2) is 49.2 Å². The first-order valence-corrected chi connectivity index (χ1v) is 10.7. The third-order valence-electron chi connectivity index (χ3n) is 5.37. The Kier molecular flexibility index (Phi) is 6.16. The van der Waals surface area contributed by atoms with Crippen LogP contribution in [0.3, 0.4) is 0 Å². The number of H-pyrrole nitrogens is 1. The Morgan fingerprint density at radius 2 is 1.94 bits per heavy atom. The molecule has 31 heavy (non-hydrogen) atoms. The second-order valence-electron chi connectivity index (χ2n) is 7.85. The summed E-state index contributed by atoms with van der Waals surface area (Å²) in [4.78, 5) is 10.1. The van der Waals surface area contributed by atoms with E-state index in [1.807, 2.05) is 39.3 Å². The Bertz CT molecular complexity index is 1220. The summed E-state index contributed by atoms with van der Waals surface area (Å²) in [6, 6.07) is 16.4. The van der Waals surface area contributed by atoms with Crippen molar-refractivity contribution >= 4 is 28.3 Å². The van der Waals surface area contributed by atoms with Gasteiger partial charge in [-0.3, -0.25) is 0 Å². The van der Waals surface area contributed by atoms with Crippen molar-refractivity contribution in [2.75, 3.05) is 39.6 Å². The molecule has 6 heteroatoms. The molecule has 0 unspecified atom stereocenters. The van der Waals surface area contributed by atoms with E-state index in [2.05, 4.69) is 57.4 Å². The summed E-state index contributed by atoms with van der Waals surface area (Å²) in [5, 5.41) is 4.87. The van der Waals surface area contributed by atoms with E-state index in [1.165, 1.54) is 5.56 Å². The number of aryl methyl sites for hydroxylation is 1. The van der Waals surface area contributed by atoms with Gasteiger partial charge in [0.05, 0.1) is 10.7 Å². The second-order valence-corrected chi connectivity index (χ2v) is 8.26. The zero-order valence-corrected chi connectivity index (χ0v) is 19.0. The van der Waals surface area contributed by atoms with E-state index in [1.54, 1.807) is 6.20 Å². The van der Waals surface area contributed by atoms with Crippen LogP contribution >= 0.6 is 11.6 Å². The Balaban J connectivity index is 1.86. The molecule has 160 valence electrons. The zero-order valence-electron chi connectivity index (χ0n) is 18.3. The number of fused-ring (bicyclic) bond motifs is 1. The molecule has 0 saturated carbocycles. The van der Waals surface area contributed by atoms with Crippen LogP contribution in [0.25, 0.3) is 33.4 Å². The van der Waals surface area contributed by atoms with Crippen molar-refractivity contribution < 1.29 is 4.74 Å². The van der Waals surface area contributed by atoms with Crippen molar-refractivity contribution in [3.05, 3.63) is 65.3 Å². The number of nitrogens with zero attached hydrogens (tertiary/aromatic N) is 2. The average molecular weight is 435 g/mol. The molecule has 4 aromatic rings. The normalized spacial score (nSPS) is 11.3. The van der Waals surface area contributed by atoms with E-state index in [9.17, 15) is 0 Å². The fourth-order valence-corrected chi connectivity index (χ4v) is 3.96. The van der Waals surface area contributed by atoms with E-state index in [4.69, 9.17) is 16.3 Å². The number of aromatic nitrogens is 2. The Labute approximate surface area is 188 Å². The maximum absolute atomic E-state index is 6.64. The SMILES string of the molecule is CNc1cc(-c2c(-c3cccc(OCCN(C)C)c3)[nH]c3nccc(Cl)c23)ccc1C. The van der Waals surface area contributed by atoms with E-state index < -0.39 is 0 Å². The summed E-state index contributed by atoms with van der Waals surface area (Å²) in [6.45, 7) is 3.58. The highest BCUT2D eigenvalue weighted by Gasteiger charge is 2.19. The van der Waals surface area contributed by atoms with Gasteiger partial charge in [-0.05, 0) is 56.4 Å². The summed E-state index contributed by atoms with van der Waals surface area (Å²) < 4.78 is 5.97. The molecule has 0 amide bonds. The van der Waals surface area contributed by atoms with Crippen LogP contribution in [0.1, 0.15) is 5.56 Å². The molecule has 0 spiro atoms. The number of benzene rings is 2. The average Bonchev–Trinajstić information content (AvgIpc) is 3.15. The number of nitrogens with one attached hydrogen (secondary N) is 2. The molecule has 2 N–H and O–H groups in total. The molecular formula is C25H27ClN4O. The standard InChI is InChI=1S/C25H27ClN4O/c1-16-8-9-17(15-21(16)27-2)22-23-20(26)10-11-28-25(23)29-24(22)18-6-5-7-19(14-18)31-13-12-30(3)4/h5-11,14-15,27H,12-13H2,1-4H3,(H,28,29). The number of rotatable bonds is 7. The molecule has 0 aliphatic carbocycles. The van der Waals surface area contributed by atoms with Crippen LogP contribution in [0.15, 0.2) is 54.7 Å². The van der Waals surface area contributed by atoms with E-state index in [0.717, 1.165) is 51.4 Å². The monoisotopic (exact) mass is 434 g/mol. The molecule has 2 aromatic carbocycles. The number of anilines is 1. The van der Waals surface area contributed by atoms with Crippen molar-refractivity contribution in [1.82, 2.24) is 14.9 Å². The number of hydrogen-bond donors (Lipinski definition) is 2. The first kappa shape index (κ1) is 21.2. The number of pyridine rings is 1. The minimum atomic E-state index is 0.632. The molecule has 5 nitrogen and oxygen atoms in total. The van der Waals surface area contributed by atoms with Crippen molar-refractivity contribution in [3.8, 4) is 28.1 Å². The fraction of sp³-hybridized carbons (Fsp3) is 0.240. The van der Waals surface area contributed by atoms with Gasteiger partial charge in [-0.1, -0.05) is 35.9 Å². The quantitative estimate of drug-likeness (QED) is 0.383. The highest BCUT2D eigenvalue weighted by atomic mass is 35.5. The predicted octanol–water partition coefficient (Wildman–Crippen LogP) is 5.84. The summed E-state index contributed by atoms with van der Waals surface area (Å²) >= 11 is 6.64. The van der Waals surface area contributed by atoms with Crippen molar-refractivity contribution in [3.63, 3.8) is 0 Å². The molecule has 0 aliphatic rings. The molecule has 0 aliphatic heterocycles. The van der Waals surface area contributed by atoms with Crippen molar-refractivity contribution in [2.45, 2.75) is 6.92 Å². The Hall–Kier alpha value is -3.02. The molecule has 0 bridgehead atoms. The molecule has 4 rings (SSSR count). The lowest BCUT2D eigenvalue weighted by atomic mass is 9.97. The second kappa shape index (κ2) is 9.00. The molecule has 0 radical (unpaired) electrons. The summed E-state index contributed by atoms with van der Waals surface area (Å²) in [7, 11) is 6.01. The maximum atomic E-state index is 6.64. The van der Waals surface area contributed by atoms with Gasteiger partial charge in [0.2, 0.25) is 0 Å². The van der Waals surface area contributed by atoms with Gasteiger partial charge in [0.25, 0.3) is 0 Å². The lowest BCUT2D eigenvalue weighted by Gasteiger charge is -2.13. The highest BCUT2D eigenvalue weighted by molar-refractivity contribution is 6.36. The Morgan fingerprint density at radius 1 is 1.10 bits per heavy atom. The van der Waals surface area contributed by atoms with Crippen LogP contribution in [0, 0.1) is 6.92 Å². The molecule has 2 aromatic heterocycles. The number of aromatic amines is 1. The van der Waals surface area contributed by atoms with Gasteiger partial charge >= 0.3 is 0 Å². The minimum absolute atomic E-state index is 0.632. The molecular weight excluding hydrogens is 408 g/mol. The molecule has 2 heterocycles. The third kappa shape index (κ3) is 4.38. The van der Waals surface area contributed by atoms with E-state index >= 15 is 0 Å². The smallest absolute Gasteiger partial charge is 0.139 e. The number of ether oxygens (including phenoxy) is 1. The minimum Gasteiger partial charge on any atom is -0.492 e. The van der Waals surface area contributed by atoms with Gasteiger partial charge in [-0.25, -0.2) is 4.98 Å². The van der Waals surface area contributed by atoms with Crippen molar-refractivity contribution in [1.29, 1.82) is 0 Å².